The van der Waals surface area contributed by atoms with Gasteiger partial charge in [0.1, 0.15) is 0 Å². The summed E-state index contributed by atoms with van der Waals surface area (Å²) in [4.78, 5) is 0. The highest BCUT2D eigenvalue weighted by atomic mass is 19.4. The van der Waals surface area contributed by atoms with Gasteiger partial charge in [0.2, 0.25) is 0 Å². The van der Waals surface area contributed by atoms with Crippen molar-refractivity contribution in [3.05, 3.63) is 35.4 Å². The largest absolute Gasteiger partial charge is 0.416 e. The van der Waals surface area contributed by atoms with Gasteiger partial charge < -0.3 is 5.32 Å². The zero-order valence-electron chi connectivity index (χ0n) is 9.43. The fourth-order valence-electron chi connectivity index (χ4n) is 1.39. The fourth-order valence-corrected chi connectivity index (χ4v) is 1.39. The molecule has 1 nitrogen and oxygen atoms in total. The number of nitrogens with one attached hydrogen (secondary N) is 1. The molecule has 1 aromatic rings. The first-order valence-corrected chi connectivity index (χ1v) is 5.27. The lowest BCUT2D eigenvalue weighted by molar-refractivity contribution is -0.137. The van der Waals surface area contributed by atoms with E-state index < -0.39 is 11.7 Å². The van der Waals surface area contributed by atoms with Crippen LogP contribution in [0.5, 0.6) is 0 Å². The third kappa shape index (κ3) is 3.85. The van der Waals surface area contributed by atoms with E-state index in [0.717, 1.165) is 30.5 Å². The summed E-state index contributed by atoms with van der Waals surface area (Å²) >= 11 is 0. The second-order valence-corrected chi connectivity index (χ2v) is 3.92. The molecule has 1 N–H and O–H groups in total. The average Bonchev–Trinajstić information content (AvgIpc) is 2.25. The zero-order chi connectivity index (χ0) is 12.2. The van der Waals surface area contributed by atoms with Gasteiger partial charge in [-0.05, 0) is 44.5 Å². The van der Waals surface area contributed by atoms with Crippen molar-refractivity contribution in [3.63, 3.8) is 0 Å². The van der Waals surface area contributed by atoms with E-state index in [9.17, 15) is 13.2 Å². The summed E-state index contributed by atoms with van der Waals surface area (Å²) in [6.07, 6.45) is -2.53. The van der Waals surface area contributed by atoms with Crippen molar-refractivity contribution in [3.8, 4) is 0 Å². The van der Waals surface area contributed by atoms with Crippen LogP contribution in [0.2, 0.25) is 0 Å². The summed E-state index contributed by atoms with van der Waals surface area (Å²) in [5, 5.41) is 3.09. The summed E-state index contributed by atoms with van der Waals surface area (Å²) < 4.78 is 36.8. The van der Waals surface area contributed by atoms with Gasteiger partial charge in [-0.15, -0.1) is 0 Å². The maximum absolute atomic E-state index is 12.3. The molecule has 0 fully saturated rings. The van der Waals surface area contributed by atoms with E-state index in [2.05, 4.69) is 5.32 Å². The molecule has 0 heterocycles. The highest BCUT2D eigenvalue weighted by Gasteiger charge is 2.29. The van der Waals surface area contributed by atoms with Gasteiger partial charge in [-0.1, -0.05) is 12.1 Å². The van der Waals surface area contributed by atoms with Crippen LogP contribution in [-0.4, -0.2) is 13.1 Å². The molecule has 0 aliphatic rings. The maximum Gasteiger partial charge on any atom is 0.416 e. The molecule has 0 aromatic heterocycles. The number of aryl methyl sites for hydroxylation is 1. The van der Waals surface area contributed by atoms with Crippen molar-refractivity contribution in [2.45, 2.75) is 32.0 Å². The lowest BCUT2D eigenvalue weighted by atomic mass is 10.0. The number of halogens is 3. The van der Waals surface area contributed by atoms with Crippen LogP contribution in [0.1, 0.15) is 24.5 Å². The Morgan fingerprint density at radius 1 is 1.19 bits per heavy atom. The van der Waals surface area contributed by atoms with Crippen molar-refractivity contribution in [1.29, 1.82) is 0 Å². The van der Waals surface area contributed by atoms with Crippen molar-refractivity contribution >= 4 is 0 Å². The Morgan fingerprint density at radius 2 is 1.75 bits per heavy atom. The van der Waals surface area contributed by atoms with Crippen LogP contribution in [0.3, 0.4) is 0 Å². The standard InChI is InChI=1S/C12H16F3N/c1-9(16-2)3-4-10-5-7-11(8-6-10)12(13,14)15/h5-9,16H,3-4H2,1-2H3/t9-/m1/s1. The molecular weight excluding hydrogens is 215 g/mol. The van der Waals surface area contributed by atoms with Crippen LogP contribution < -0.4 is 5.32 Å². The maximum atomic E-state index is 12.3. The monoisotopic (exact) mass is 231 g/mol. The smallest absolute Gasteiger partial charge is 0.317 e. The quantitative estimate of drug-likeness (QED) is 0.838. The van der Waals surface area contributed by atoms with Gasteiger partial charge in [0, 0.05) is 6.04 Å². The summed E-state index contributed by atoms with van der Waals surface area (Å²) in [6, 6.07) is 5.75. The number of benzene rings is 1. The third-order valence-corrected chi connectivity index (χ3v) is 2.64. The molecule has 0 saturated carbocycles. The van der Waals surface area contributed by atoms with Crippen LogP contribution >= 0.6 is 0 Å². The molecule has 1 rings (SSSR count). The molecule has 0 amide bonds. The lowest BCUT2D eigenvalue weighted by Gasteiger charge is -2.10. The first kappa shape index (κ1) is 13.0. The van der Waals surface area contributed by atoms with Gasteiger partial charge in [0.05, 0.1) is 5.56 Å². The molecule has 1 aromatic carbocycles. The molecule has 0 saturated heterocycles. The second kappa shape index (κ2) is 5.34. The van der Waals surface area contributed by atoms with Gasteiger partial charge in [-0.3, -0.25) is 0 Å². The first-order valence-electron chi connectivity index (χ1n) is 5.27. The SMILES string of the molecule is CN[C@H](C)CCc1ccc(C(F)(F)F)cc1. The first-order chi connectivity index (χ1) is 7.43. The molecular formula is C12H16F3N. The Morgan fingerprint density at radius 3 is 2.19 bits per heavy atom. The Bertz CT molecular complexity index is 316. The highest BCUT2D eigenvalue weighted by Crippen LogP contribution is 2.29. The second-order valence-electron chi connectivity index (χ2n) is 3.92. The van der Waals surface area contributed by atoms with E-state index in [1.165, 1.54) is 0 Å². The molecule has 0 bridgehead atoms. The van der Waals surface area contributed by atoms with Crippen LogP contribution in [0, 0.1) is 0 Å². The molecule has 0 aliphatic heterocycles. The van der Waals surface area contributed by atoms with Crippen LogP contribution in [0.4, 0.5) is 13.2 Å². The van der Waals surface area contributed by atoms with Gasteiger partial charge in [-0.25, -0.2) is 0 Å². The number of rotatable bonds is 4. The fraction of sp³-hybridized carbons (Fsp3) is 0.500. The minimum atomic E-state index is -4.24. The summed E-state index contributed by atoms with van der Waals surface area (Å²) in [7, 11) is 1.87. The van der Waals surface area contributed by atoms with Crippen molar-refractivity contribution in [1.82, 2.24) is 5.32 Å². The molecule has 0 unspecified atom stereocenters. The molecule has 0 aliphatic carbocycles. The van der Waals surface area contributed by atoms with E-state index in [0.29, 0.717) is 6.04 Å². The summed E-state index contributed by atoms with van der Waals surface area (Å²) in [5.41, 5.74) is 0.355. The van der Waals surface area contributed by atoms with E-state index in [-0.39, 0.29) is 0 Å². The Labute approximate surface area is 93.7 Å². The van der Waals surface area contributed by atoms with Crippen LogP contribution in [0.15, 0.2) is 24.3 Å². The number of alkyl halides is 3. The summed E-state index contributed by atoms with van der Waals surface area (Å²) in [6.45, 7) is 2.05. The van der Waals surface area contributed by atoms with E-state index in [1.54, 1.807) is 12.1 Å². The zero-order valence-corrected chi connectivity index (χ0v) is 9.43. The van der Waals surface area contributed by atoms with Crippen molar-refractivity contribution in [2.75, 3.05) is 7.05 Å². The summed E-state index contributed by atoms with van der Waals surface area (Å²) in [5.74, 6) is 0. The van der Waals surface area contributed by atoms with E-state index >= 15 is 0 Å². The minimum Gasteiger partial charge on any atom is -0.317 e. The molecule has 4 heteroatoms. The van der Waals surface area contributed by atoms with Crippen molar-refractivity contribution in [2.24, 2.45) is 0 Å². The molecule has 0 radical (unpaired) electrons. The predicted octanol–water partition coefficient (Wildman–Crippen LogP) is 3.25. The number of hydrogen-bond donors (Lipinski definition) is 1. The number of hydrogen-bond acceptors (Lipinski definition) is 1. The van der Waals surface area contributed by atoms with Gasteiger partial charge in [0.25, 0.3) is 0 Å². The normalized spacial score (nSPS) is 13.8. The lowest BCUT2D eigenvalue weighted by Crippen LogP contribution is -2.21. The third-order valence-electron chi connectivity index (χ3n) is 2.64. The molecule has 0 spiro atoms. The van der Waals surface area contributed by atoms with Crippen LogP contribution in [-0.2, 0) is 12.6 Å². The molecule has 16 heavy (non-hydrogen) atoms. The average molecular weight is 231 g/mol. The van der Waals surface area contributed by atoms with E-state index in [4.69, 9.17) is 0 Å². The minimum absolute atomic E-state index is 0.377. The Balaban J connectivity index is 2.58. The predicted molar refractivity (Wildman–Crippen MR) is 58.3 cm³/mol. The Kier molecular flexibility index (Phi) is 4.35. The van der Waals surface area contributed by atoms with Gasteiger partial charge in [-0.2, -0.15) is 13.2 Å². The topological polar surface area (TPSA) is 12.0 Å². The molecule has 90 valence electrons. The highest BCUT2D eigenvalue weighted by molar-refractivity contribution is 5.24. The van der Waals surface area contributed by atoms with Crippen LogP contribution in [0.25, 0.3) is 0 Å². The van der Waals surface area contributed by atoms with Gasteiger partial charge in [0.15, 0.2) is 0 Å². The Hall–Kier alpha value is -1.03. The van der Waals surface area contributed by atoms with E-state index in [1.807, 2.05) is 14.0 Å². The van der Waals surface area contributed by atoms with Crippen molar-refractivity contribution < 1.29 is 13.2 Å². The molecule has 1 atom stereocenters. The van der Waals surface area contributed by atoms with Gasteiger partial charge >= 0.3 is 6.18 Å².